The van der Waals surface area contributed by atoms with E-state index in [-0.39, 0.29) is 131 Å². The molecular weight excluding hydrogens is 768 g/mol. The summed E-state index contributed by atoms with van der Waals surface area (Å²) in [7, 11) is 0. The summed E-state index contributed by atoms with van der Waals surface area (Å²) in [6.45, 7) is 0.185. The molecule has 0 saturated heterocycles. The van der Waals surface area contributed by atoms with Gasteiger partial charge in [0.25, 0.3) is 0 Å². The summed E-state index contributed by atoms with van der Waals surface area (Å²) >= 11 is 0. The van der Waals surface area contributed by atoms with Crippen molar-refractivity contribution in [1.29, 1.82) is 0 Å². The molecule has 22 nitrogen and oxygen atoms in total. The molecule has 2 aromatic heterocycles. The van der Waals surface area contributed by atoms with Gasteiger partial charge in [0, 0.05) is 103 Å². The molecule has 2 aliphatic heterocycles. The largest absolute Gasteiger partial charge is 0.490 e. The molecule has 58 heavy (non-hydrogen) atoms. The molecule has 0 radical (unpaired) electrons. The molecule has 0 spiro atoms. The van der Waals surface area contributed by atoms with E-state index in [0.29, 0.717) is 34.3 Å². The van der Waals surface area contributed by atoms with E-state index in [2.05, 4.69) is 9.97 Å². The highest BCUT2D eigenvalue weighted by Gasteiger charge is 2.23. The first-order valence-corrected chi connectivity index (χ1v) is 18.5. The fourth-order valence-electron chi connectivity index (χ4n) is 6.64. The Balaban J connectivity index is 1.53. The van der Waals surface area contributed by atoms with Gasteiger partial charge in [0.2, 0.25) is 0 Å². The van der Waals surface area contributed by atoms with Crippen LogP contribution in [0.1, 0.15) is 22.8 Å². The van der Waals surface area contributed by atoms with Crippen molar-refractivity contribution in [2.75, 3.05) is 105 Å². The van der Waals surface area contributed by atoms with E-state index in [4.69, 9.17) is 9.47 Å². The maximum atomic E-state index is 11.7. The number of aliphatic carboxylic acids is 6. The average Bonchev–Trinajstić information content (AvgIpc) is 3.09. The van der Waals surface area contributed by atoms with Gasteiger partial charge in [0.05, 0.1) is 62.0 Å². The standard InChI is InChI=1S/C36H50N8O14/c45-31(46)19-39-1-5-41(21-33(49)50)15-25-11-29(12-26(37-25)16-42(6-2-39)22-34(51)52)57-9-10-58-30-13-27-17-43(23-35(53)54)7-3-40(20-32(47)48)4-8-44(24-36(55)56)18-28(14-30)38-27/h11-14H,1-10,15-24H2,(H,45,46)(H,47,48)(H,49,50)(H,51,52)(H,53,54)(H,55,56). The lowest BCUT2D eigenvalue weighted by atomic mass is 10.2. The minimum Gasteiger partial charge on any atom is -0.490 e. The van der Waals surface area contributed by atoms with E-state index in [1.54, 1.807) is 53.7 Å². The quantitative estimate of drug-likeness (QED) is 0.0968. The van der Waals surface area contributed by atoms with Crippen molar-refractivity contribution >= 4 is 35.8 Å². The van der Waals surface area contributed by atoms with Gasteiger partial charge in [-0.1, -0.05) is 0 Å². The van der Waals surface area contributed by atoms with Gasteiger partial charge in [-0.2, -0.15) is 0 Å². The molecule has 4 rings (SSSR count). The molecule has 6 N–H and O–H groups in total. The van der Waals surface area contributed by atoms with Crippen LogP contribution in [-0.4, -0.2) is 211 Å². The second-order valence-electron chi connectivity index (χ2n) is 14.0. The van der Waals surface area contributed by atoms with Crippen LogP contribution >= 0.6 is 0 Å². The molecule has 0 atom stereocenters. The maximum Gasteiger partial charge on any atom is 0.317 e. The van der Waals surface area contributed by atoms with E-state index < -0.39 is 35.8 Å². The van der Waals surface area contributed by atoms with E-state index in [1.807, 2.05) is 0 Å². The number of ether oxygens (including phenoxy) is 2. The summed E-state index contributed by atoms with van der Waals surface area (Å²) in [4.78, 5) is 88.9. The number of fused-ring (bicyclic) bond motifs is 4. The zero-order valence-corrected chi connectivity index (χ0v) is 32.0. The van der Waals surface area contributed by atoms with Crippen molar-refractivity contribution in [1.82, 2.24) is 39.4 Å². The van der Waals surface area contributed by atoms with E-state index in [9.17, 15) is 59.4 Å². The summed E-state index contributed by atoms with van der Waals surface area (Å²) in [5.74, 6) is -5.69. The third-order valence-corrected chi connectivity index (χ3v) is 9.06. The van der Waals surface area contributed by atoms with Crippen LogP contribution in [0.2, 0.25) is 0 Å². The fourth-order valence-corrected chi connectivity index (χ4v) is 6.64. The number of carbonyl (C=O) groups is 6. The summed E-state index contributed by atoms with van der Waals surface area (Å²) in [5, 5.41) is 57.1. The molecule has 0 saturated carbocycles. The Morgan fingerprint density at radius 1 is 0.397 bits per heavy atom. The van der Waals surface area contributed by atoms with Crippen molar-refractivity contribution in [3.63, 3.8) is 0 Å². The molecule has 0 amide bonds. The third-order valence-electron chi connectivity index (χ3n) is 9.06. The topological polar surface area (TPSA) is 287 Å². The van der Waals surface area contributed by atoms with E-state index in [0.717, 1.165) is 0 Å². The van der Waals surface area contributed by atoms with Gasteiger partial charge in [-0.15, -0.1) is 0 Å². The molecule has 4 bridgehead atoms. The van der Waals surface area contributed by atoms with Crippen LogP contribution in [0.3, 0.4) is 0 Å². The first-order valence-electron chi connectivity index (χ1n) is 18.5. The van der Waals surface area contributed by atoms with Crippen LogP contribution < -0.4 is 9.47 Å². The van der Waals surface area contributed by atoms with Gasteiger partial charge in [-0.25, -0.2) is 0 Å². The molecule has 2 aromatic rings. The molecule has 22 heteroatoms. The SMILES string of the molecule is O=C(O)CN1CCN(CC(=O)O)Cc2cc(OCCOc3cc4nc(c3)CN(CC(=O)O)CCN(CC(=O)O)CCN(CC(=O)O)C4)cc(n2)CN(CC(=O)O)CC1. The zero-order valence-electron chi connectivity index (χ0n) is 32.0. The van der Waals surface area contributed by atoms with Crippen molar-refractivity contribution < 1.29 is 68.9 Å². The lowest BCUT2D eigenvalue weighted by Crippen LogP contribution is -2.44. The summed E-state index contributed by atoms with van der Waals surface area (Å²) < 4.78 is 12.1. The fraction of sp³-hybridized carbons (Fsp3) is 0.556. The van der Waals surface area contributed by atoms with Crippen LogP contribution in [0, 0.1) is 0 Å². The molecule has 318 valence electrons. The summed E-state index contributed by atoms with van der Waals surface area (Å²) in [6, 6.07) is 6.55. The average molecular weight is 819 g/mol. The molecule has 0 unspecified atom stereocenters. The monoisotopic (exact) mass is 818 g/mol. The Hall–Kier alpha value is -5.52. The Labute approximate surface area is 333 Å². The smallest absolute Gasteiger partial charge is 0.317 e. The Kier molecular flexibility index (Phi) is 17.5. The molecular formula is C36H50N8O14. The van der Waals surface area contributed by atoms with Gasteiger partial charge in [-0.05, 0) is 0 Å². The minimum atomic E-state index is -1.08. The number of rotatable bonds is 17. The predicted octanol–water partition coefficient (Wildman–Crippen LogP) is -1.72. The van der Waals surface area contributed by atoms with Gasteiger partial charge >= 0.3 is 35.8 Å². The number of nitrogens with zero attached hydrogens (tertiary/aromatic N) is 8. The number of carboxylic acid groups (broad SMARTS) is 6. The minimum absolute atomic E-state index is 0.0212. The zero-order chi connectivity index (χ0) is 42.2. The second kappa shape index (κ2) is 22.4. The van der Waals surface area contributed by atoms with Crippen molar-refractivity contribution in [2.24, 2.45) is 0 Å². The van der Waals surface area contributed by atoms with Gasteiger partial charge < -0.3 is 40.1 Å². The lowest BCUT2D eigenvalue weighted by molar-refractivity contribution is -0.140. The first-order chi connectivity index (χ1) is 27.6. The third kappa shape index (κ3) is 16.9. The normalized spacial score (nSPS) is 17.4. The van der Waals surface area contributed by atoms with Gasteiger partial charge in [-0.3, -0.25) is 68.1 Å². The molecule has 0 aliphatic carbocycles. The highest BCUT2D eigenvalue weighted by Crippen LogP contribution is 2.21. The van der Waals surface area contributed by atoms with Crippen LogP contribution in [0.4, 0.5) is 0 Å². The number of aromatic nitrogens is 2. The molecule has 0 aromatic carbocycles. The molecule has 0 fully saturated rings. The molecule has 4 heterocycles. The second-order valence-corrected chi connectivity index (χ2v) is 14.0. The summed E-state index contributed by atoms with van der Waals surface area (Å²) in [6.07, 6.45) is 0. The van der Waals surface area contributed by atoms with Crippen LogP contribution in [0.15, 0.2) is 24.3 Å². The maximum absolute atomic E-state index is 11.7. The number of carboxylic acids is 6. The Morgan fingerprint density at radius 2 is 0.603 bits per heavy atom. The van der Waals surface area contributed by atoms with Gasteiger partial charge in [0.1, 0.15) is 24.7 Å². The van der Waals surface area contributed by atoms with Crippen molar-refractivity contribution in [3.8, 4) is 11.5 Å². The number of pyridine rings is 2. The number of hydrogen-bond acceptors (Lipinski definition) is 16. The number of hydrogen-bond donors (Lipinski definition) is 6. The van der Waals surface area contributed by atoms with E-state index >= 15 is 0 Å². The Morgan fingerprint density at radius 3 is 0.828 bits per heavy atom. The van der Waals surface area contributed by atoms with E-state index in [1.165, 1.54) is 0 Å². The molecule has 2 aliphatic rings. The lowest BCUT2D eigenvalue weighted by Gasteiger charge is -2.29. The van der Waals surface area contributed by atoms with Crippen LogP contribution in [0.5, 0.6) is 11.5 Å². The highest BCUT2D eigenvalue weighted by atomic mass is 16.5. The van der Waals surface area contributed by atoms with Gasteiger partial charge in [0.15, 0.2) is 0 Å². The Bertz CT molecular complexity index is 1540. The van der Waals surface area contributed by atoms with Crippen molar-refractivity contribution in [3.05, 3.63) is 47.0 Å². The first kappa shape index (κ1) is 45.2. The van der Waals surface area contributed by atoms with Crippen LogP contribution in [-0.2, 0) is 54.9 Å². The summed E-state index contributed by atoms with van der Waals surface area (Å²) in [5.41, 5.74) is 1.81. The predicted molar refractivity (Wildman–Crippen MR) is 199 cm³/mol. The van der Waals surface area contributed by atoms with Crippen LogP contribution in [0.25, 0.3) is 0 Å². The van der Waals surface area contributed by atoms with Crippen molar-refractivity contribution in [2.45, 2.75) is 26.2 Å². The highest BCUT2D eigenvalue weighted by molar-refractivity contribution is 5.71.